The van der Waals surface area contributed by atoms with Crippen LogP contribution in [-0.4, -0.2) is 32.5 Å². The minimum Gasteiger partial charge on any atom is -0.311 e. The van der Waals surface area contributed by atoms with Gasteiger partial charge in [-0.3, -0.25) is 9.36 Å². The Bertz CT molecular complexity index is 934. The average molecular weight is 397 g/mol. The first kappa shape index (κ1) is 17.0. The Kier molecular flexibility index (Phi) is 4.49. The average Bonchev–Trinajstić information content (AvgIpc) is 3.22. The molecule has 1 atom stereocenters. The van der Waals surface area contributed by atoms with Gasteiger partial charge in [-0.15, -0.1) is 21.5 Å². The van der Waals surface area contributed by atoms with E-state index >= 15 is 0 Å². The van der Waals surface area contributed by atoms with E-state index in [4.69, 9.17) is 0 Å². The number of anilines is 1. The third kappa shape index (κ3) is 3.30. The van der Waals surface area contributed by atoms with Crippen molar-refractivity contribution in [2.45, 2.75) is 42.1 Å². The third-order valence-electron chi connectivity index (χ3n) is 5.02. The van der Waals surface area contributed by atoms with Crippen LogP contribution in [0.3, 0.4) is 0 Å². The number of rotatable bonds is 5. The Morgan fingerprint density at radius 1 is 1.04 bits per heavy atom. The van der Waals surface area contributed by atoms with Gasteiger partial charge in [0.15, 0.2) is 11.0 Å². The van der Waals surface area contributed by atoms with Gasteiger partial charge in [-0.1, -0.05) is 36.0 Å². The molecule has 0 N–H and O–H groups in total. The van der Waals surface area contributed by atoms with Gasteiger partial charge in [-0.25, -0.2) is 0 Å². The lowest BCUT2D eigenvalue weighted by molar-refractivity contribution is -0.119. The van der Waals surface area contributed by atoms with E-state index in [0.29, 0.717) is 6.04 Å². The maximum Gasteiger partial charge on any atom is 0.240 e. The predicted octanol–water partition coefficient (Wildman–Crippen LogP) is 4.63. The van der Waals surface area contributed by atoms with E-state index in [0.717, 1.165) is 40.9 Å². The topological polar surface area (TPSA) is 51.0 Å². The summed E-state index contributed by atoms with van der Waals surface area (Å²) >= 11 is 3.27. The number of thiophene rings is 1. The van der Waals surface area contributed by atoms with Gasteiger partial charge in [-0.05, 0) is 49.3 Å². The van der Waals surface area contributed by atoms with Crippen molar-refractivity contribution < 1.29 is 4.79 Å². The van der Waals surface area contributed by atoms with Crippen LogP contribution >= 0.6 is 23.1 Å². The van der Waals surface area contributed by atoms with Crippen LogP contribution in [0, 0.1) is 0 Å². The molecular weight excluding hydrogens is 376 g/mol. The summed E-state index contributed by atoms with van der Waals surface area (Å²) in [5.74, 6) is 1.12. The van der Waals surface area contributed by atoms with Gasteiger partial charge < -0.3 is 4.90 Å². The molecule has 1 aliphatic carbocycles. The van der Waals surface area contributed by atoms with Gasteiger partial charge in [0.05, 0.1) is 10.1 Å². The fraction of sp³-hybridized carbons (Fsp3) is 0.350. The van der Waals surface area contributed by atoms with Crippen molar-refractivity contribution in [1.82, 2.24) is 14.8 Å². The highest BCUT2D eigenvalue weighted by Crippen LogP contribution is 2.43. The Balaban J connectivity index is 1.41. The van der Waals surface area contributed by atoms with Crippen molar-refractivity contribution in [2.75, 3.05) is 11.4 Å². The molecule has 1 unspecified atom stereocenters. The lowest BCUT2D eigenvalue weighted by Crippen LogP contribution is -2.43. The third-order valence-corrected chi connectivity index (χ3v) is 7.10. The maximum atomic E-state index is 13.1. The van der Waals surface area contributed by atoms with Crippen LogP contribution in [0.4, 0.5) is 5.69 Å². The van der Waals surface area contributed by atoms with Crippen molar-refractivity contribution in [3.8, 4) is 10.7 Å². The quantitative estimate of drug-likeness (QED) is 0.631. The molecule has 3 aromatic rings. The molecular formula is C20H20N4OS2. The molecule has 0 radical (unpaired) electrons. The van der Waals surface area contributed by atoms with Gasteiger partial charge >= 0.3 is 0 Å². The van der Waals surface area contributed by atoms with Crippen LogP contribution in [0.2, 0.25) is 0 Å². The number of amides is 1. The molecule has 5 rings (SSSR count). The summed E-state index contributed by atoms with van der Waals surface area (Å²) in [7, 11) is 0. The van der Waals surface area contributed by atoms with E-state index in [2.05, 4.69) is 26.2 Å². The Morgan fingerprint density at radius 2 is 1.89 bits per heavy atom. The second-order valence-electron chi connectivity index (χ2n) is 6.96. The summed E-state index contributed by atoms with van der Waals surface area (Å²) in [4.78, 5) is 16.2. The van der Waals surface area contributed by atoms with E-state index in [1.165, 1.54) is 12.8 Å². The number of nitrogens with zero attached hydrogens (tertiary/aromatic N) is 4. The minimum atomic E-state index is -0.100. The summed E-state index contributed by atoms with van der Waals surface area (Å²) in [6, 6.07) is 14.6. The Labute approximate surface area is 166 Å². The predicted molar refractivity (Wildman–Crippen MR) is 109 cm³/mol. The smallest absolute Gasteiger partial charge is 0.240 e. The summed E-state index contributed by atoms with van der Waals surface area (Å²) in [6.45, 7) is 0.787. The molecule has 1 amide bonds. The number of aromatic nitrogens is 3. The second-order valence-corrected chi connectivity index (χ2v) is 9.08. The highest BCUT2D eigenvalue weighted by Gasteiger charge is 2.35. The molecule has 0 spiro atoms. The van der Waals surface area contributed by atoms with Crippen LogP contribution < -0.4 is 4.90 Å². The highest BCUT2D eigenvalue weighted by atomic mass is 32.2. The van der Waals surface area contributed by atoms with Gasteiger partial charge in [0, 0.05) is 18.3 Å². The molecule has 2 aliphatic rings. The molecule has 1 saturated carbocycles. The summed E-state index contributed by atoms with van der Waals surface area (Å²) in [5, 5.41) is 11.8. The van der Waals surface area contributed by atoms with Gasteiger partial charge in [0.25, 0.3) is 0 Å². The SMILES string of the molecule is O=C1C(Sc2nnc(-c3cccs3)n2C2CC2)CCCN1c1ccccc1. The molecule has 138 valence electrons. The van der Waals surface area contributed by atoms with Gasteiger partial charge in [0.1, 0.15) is 0 Å². The van der Waals surface area contributed by atoms with Crippen molar-refractivity contribution in [2.24, 2.45) is 0 Å². The standard InChI is InChI=1S/C20H20N4OS2/c25-19-17(8-4-12-23(19)14-6-2-1-3-7-14)27-20-22-21-18(16-9-5-13-26-16)24(20)15-10-11-15/h1-3,5-7,9,13,15,17H,4,8,10-12H2. The normalized spacial score (nSPS) is 20.2. The zero-order valence-corrected chi connectivity index (χ0v) is 16.5. The summed E-state index contributed by atoms with van der Waals surface area (Å²) in [5.41, 5.74) is 0.982. The monoisotopic (exact) mass is 396 g/mol. The van der Waals surface area contributed by atoms with Crippen LogP contribution in [0.1, 0.15) is 31.7 Å². The Hall–Kier alpha value is -2.12. The number of hydrogen-bond donors (Lipinski definition) is 0. The van der Waals surface area contributed by atoms with Crippen molar-refractivity contribution in [3.05, 3.63) is 47.8 Å². The van der Waals surface area contributed by atoms with Gasteiger partial charge in [-0.2, -0.15) is 0 Å². The number of piperidine rings is 1. The molecule has 1 aliphatic heterocycles. The molecule has 7 heteroatoms. The number of carbonyl (C=O) groups is 1. The fourth-order valence-electron chi connectivity index (χ4n) is 3.54. The summed E-state index contributed by atoms with van der Waals surface area (Å²) < 4.78 is 2.26. The number of carbonyl (C=O) groups excluding carboxylic acids is 1. The first-order valence-electron chi connectivity index (χ1n) is 9.33. The van der Waals surface area contributed by atoms with E-state index in [1.54, 1.807) is 23.1 Å². The molecule has 27 heavy (non-hydrogen) atoms. The molecule has 1 aromatic carbocycles. The lowest BCUT2D eigenvalue weighted by Gasteiger charge is -2.31. The van der Waals surface area contributed by atoms with Crippen LogP contribution in [-0.2, 0) is 4.79 Å². The summed E-state index contributed by atoms with van der Waals surface area (Å²) in [6.07, 6.45) is 4.23. The zero-order chi connectivity index (χ0) is 18.2. The first-order chi connectivity index (χ1) is 13.3. The van der Waals surface area contributed by atoms with Gasteiger partial charge in [0.2, 0.25) is 5.91 Å². The van der Waals surface area contributed by atoms with Crippen LogP contribution in [0.5, 0.6) is 0 Å². The fourth-order valence-corrected chi connectivity index (χ4v) is 5.45. The molecule has 5 nitrogen and oxygen atoms in total. The zero-order valence-electron chi connectivity index (χ0n) is 14.8. The van der Waals surface area contributed by atoms with E-state index in [9.17, 15) is 4.79 Å². The van der Waals surface area contributed by atoms with Crippen molar-refractivity contribution >= 4 is 34.7 Å². The van der Waals surface area contributed by atoms with Crippen LogP contribution in [0.25, 0.3) is 10.7 Å². The number of thioether (sulfide) groups is 1. The van der Waals surface area contributed by atoms with E-state index < -0.39 is 0 Å². The van der Waals surface area contributed by atoms with Crippen LogP contribution in [0.15, 0.2) is 53.0 Å². The van der Waals surface area contributed by atoms with E-state index in [1.807, 2.05) is 41.3 Å². The Morgan fingerprint density at radius 3 is 2.63 bits per heavy atom. The lowest BCUT2D eigenvalue weighted by atomic mass is 10.1. The first-order valence-corrected chi connectivity index (χ1v) is 11.1. The van der Waals surface area contributed by atoms with Crippen molar-refractivity contribution in [1.29, 1.82) is 0 Å². The molecule has 3 heterocycles. The molecule has 1 saturated heterocycles. The number of hydrogen-bond acceptors (Lipinski definition) is 5. The largest absolute Gasteiger partial charge is 0.311 e. The number of benzene rings is 1. The molecule has 0 bridgehead atoms. The second kappa shape index (κ2) is 7.13. The number of para-hydroxylation sites is 1. The molecule has 2 aromatic heterocycles. The van der Waals surface area contributed by atoms with E-state index in [-0.39, 0.29) is 11.2 Å². The highest BCUT2D eigenvalue weighted by molar-refractivity contribution is 8.00. The van der Waals surface area contributed by atoms with Crippen molar-refractivity contribution in [3.63, 3.8) is 0 Å². The minimum absolute atomic E-state index is 0.100. The maximum absolute atomic E-state index is 13.1. The molecule has 2 fully saturated rings.